The second kappa shape index (κ2) is 7.01. The molecule has 3 rings (SSSR count). The minimum Gasteiger partial charge on any atom is -0.423 e. The van der Waals surface area contributed by atoms with Crippen molar-refractivity contribution in [2.45, 2.75) is 11.5 Å². The smallest absolute Gasteiger partial charge is 0.423 e. The number of anilines is 1. The van der Waals surface area contributed by atoms with Gasteiger partial charge in [0.2, 0.25) is 10.0 Å². The summed E-state index contributed by atoms with van der Waals surface area (Å²) in [5.74, 6) is -0.472. The minimum atomic E-state index is -3.54. The molecule has 0 saturated heterocycles. The van der Waals surface area contributed by atoms with Crippen LogP contribution in [0.3, 0.4) is 0 Å². The van der Waals surface area contributed by atoms with Gasteiger partial charge in [-0.1, -0.05) is 11.6 Å². The highest BCUT2D eigenvalue weighted by atomic mass is 35.5. The second-order valence-electron chi connectivity index (χ2n) is 5.96. The number of carbonyl (C=O) groups is 1. The summed E-state index contributed by atoms with van der Waals surface area (Å²) < 4.78 is 30.3. The van der Waals surface area contributed by atoms with Crippen LogP contribution in [0, 0.1) is 0 Å². The van der Waals surface area contributed by atoms with E-state index in [9.17, 15) is 18.2 Å². The van der Waals surface area contributed by atoms with E-state index in [0.29, 0.717) is 11.2 Å². The topological polar surface area (TPSA) is 95.9 Å². The van der Waals surface area contributed by atoms with E-state index in [-0.39, 0.29) is 22.1 Å². The Bertz CT molecular complexity index is 963. The highest BCUT2D eigenvalue weighted by Crippen LogP contribution is 2.23. The van der Waals surface area contributed by atoms with Crippen molar-refractivity contribution in [3.8, 4) is 0 Å². The summed E-state index contributed by atoms with van der Waals surface area (Å²) in [5, 5.41) is 12.7. The van der Waals surface area contributed by atoms with Crippen molar-refractivity contribution in [1.82, 2.24) is 4.31 Å². The zero-order valence-corrected chi connectivity index (χ0v) is 15.6. The average molecular weight is 395 g/mol. The maximum absolute atomic E-state index is 12.5. The molecule has 7 nitrogen and oxygen atoms in total. The summed E-state index contributed by atoms with van der Waals surface area (Å²) in [4.78, 5) is 12.6. The van der Waals surface area contributed by atoms with E-state index in [4.69, 9.17) is 16.3 Å². The molecule has 0 unspecified atom stereocenters. The van der Waals surface area contributed by atoms with E-state index in [0.717, 1.165) is 9.87 Å². The fraction of sp³-hybridized carbons (Fsp3) is 0.188. The Hall–Kier alpha value is -1.91. The summed E-state index contributed by atoms with van der Waals surface area (Å²) in [5.41, 5.74) is 1.85. The van der Waals surface area contributed by atoms with Crippen molar-refractivity contribution >= 4 is 45.8 Å². The molecule has 10 heteroatoms. The Morgan fingerprint density at radius 1 is 1.27 bits per heavy atom. The molecule has 0 bridgehead atoms. The predicted molar refractivity (Wildman–Crippen MR) is 99.1 cm³/mol. The number of carbonyl (C=O) groups excluding carboxylic acids is 1. The van der Waals surface area contributed by atoms with Crippen molar-refractivity contribution in [3.05, 3.63) is 52.5 Å². The van der Waals surface area contributed by atoms with E-state index < -0.39 is 23.0 Å². The molecule has 136 valence electrons. The Kier molecular flexibility index (Phi) is 5.09. The van der Waals surface area contributed by atoms with Gasteiger partial charge in [-0.25, -0.2) is 12.7 Å². The molecule has 1 amide bonds. The molecule has 26 heavy (non-hydrogen) atoms. The molecule has 1 aliphatic rings. The van der Waals surface area contributed by atoms with E-state index >= 15 is 0 Å². The number of nitrogens with zero attached hydrogens (tertiary/aromatic N) is 1. The van der Waals surface area contributed by atoms with Crippen LogP contribution in [0.15, 0.2) is 41.3 Å². The van der Waals surface area contributed by atoms with E-state index in [1.54, 1.807) is 6.07 Å². The largest absolute Gasteiger partial charge is 0.491 e. The standard InChI is InChI=1S/C16H16BClN2O5S/c1-20(2)26(23,24)12-5-3-11(4-6-12)19-16(21)13-8-14-10(7-15(13)18)9-25-17(14)22/h3-8,22H,9H2,1-2H3,(H,19,21). The van der Waals surface area contributed by atoms with Gasteiger partial charge in [-0.15, -0.1) is 0 Å². The number of hydrogen-bond donors (Lipinski definition) is 2. The SMILES string of the molecule is CN(C)S(=O)(=O)c1ccc(NC(=O)c2cc3c(cc2Cl)COB3O)cc1. The maximum atomic E-state index is 12.5. The molecule has 2 aromatic rings. The van der Waals surface area contributed by atoms with Crippen molar-refractivity contribution in [2.24, 2.45) is 0 Å². The lowest BCUT2D eigenvalue weighted by Gasteiger charge is -2.12. The summed E-state index contributed by atoms with van der Waals surface area (Å²) >= 11 is 6.15. The van der Waals surface area contributed by atoms with Crippen LogP contribution in [0.2, 0.25) is 5.02 Å². The summed E-state index contributed by atoms with van der Waals surface area (Å²) in [6.07, 6.45) is 0. The highest BCUT2D eigenvalue weighted by Gasteiger charge is 2.29. The lowest BCUT2D eigenvalue weighted by Crippen LogP contribution is -2.29. The first-order valence-corrected chi connectivity index (χ1v) is 9.48. The number of rotatable bonds is 4. The molecule has 0 saturated carbocycles. The Morgan fingerprint density at radius 2 is 1.92 bits per heavy atom. The van der Waals surface area contributed by atoms with Crippen LogP contribution in [0.25, 0.3) is 0 Å². The van der Waals surface area contributed by atoms with E-state index in [1.807, 2.05) is 0 Å². The van der Waals surface area contributed by atoms with Crippen molar-refractivity contribution in [3.63, 3.8) is 0 Å². The first-order chi connectivity index (χ1) is 12.2. The zero-order valence-electron chi connectivity index (χ0n) is 14.1. The number of nitrogens with one attached hydrogen (secondary N) is 1. The maximum Gasteiger partial charge on any atom is 0.491 e. The molecular weight excluding hydrogens is 379 g/mol. The Balaban J connectivity index is 1.82. The third kappa shape index (κ3) is 3.49. The van der Waals surface area contributed by atoms with Crippen LogP contribution in [0.1, 0.15) is 15.9 Å². The average Bonchev–Trinajstić information content (AvgIpc) is 2.94. The first-order valence-electron chi connectivity index (χ1n) is 7.66. The van der Waals surface area contributed by atoms with Crippen LogP contribution >= 0.6 is 11.6 Å². The normalized spacial score (nSPS) is 13.8. The van der Waals surface area contributed by atoms with Gasteiger partial charge in [0, 0.05) is 19.8 Å². The lowest BCUT2D eigenvalue weighted by atomic mass is 9.78. The van der Waals surface area contributed by atoms with Gasteiger partial charge in [-0.05, 0) is 47.4 Å². The fourth-order valence-electron chi connectivity index (χ4n) is 2.54. The van der Waals surface area contributed by atoms with Gasteiger partial charge in [0.05, 0.1) is 22.1 Å². The number of benzene rings is 2. The molecule has 0 radical (unpaired) electrons. The number of hydrogen-bond acceptors (Lipinski definition) is 5. The molecular formula is C16H16BClN2O5S. The number of halogens is 1. The molecule has 0 fully saturated rings. The number of amides is 1. The summed E-state index contributed by atoms with van der Waals surface area (Å²) in [6.45, 7) is 0.236. The van der Waals surface area contributed by atoms with Crippen molar-refractivity contribution < 1.29 is 22.9 Å². The molecule has 1 heterocycles. The van der Waals surface area contributed by atoms with Gasteiger partial charge in [0.15, 0.2) is 0 Å². The van der Waals surface area contributed by atoms with Crippen LogP contribution in [-0.4, -0.2) is 44.9 Å². The van der Waals surface area contributed by atoms with Gasteiger partial charge in [0.1, 0.15) is 0 Å². The highest BCUT2D eigenvalue weighted by molar-refractivity contribution is 7.89. The molecule has 0 aliphatic carbocycles. The molecule has 0 atom stereocenters. The van der Waals surface area contributed by atoms with Gasteiger partial charge in [-0.3, -0.25) is 4.79 Å². The lowest BCUT2D eigenvalue weighted by molar-refractivity contribution is 0.102. The van der Waals surface area contributed by atoms with Crippen molar-refractivity contribution in [2.75, 3.05) is 19.4 Å². The first kappa shape index (κ1) is 18.9. The van der Waals surface area contributed by atoms with Gasteiger partial charge in [-0.2, -0.15) is 0 Å². The van der Waals surface area contributed by atoms with Crippen molar-refractivity contribution in [1.29, 1.82) is 0 Å². The van der Waals surface area contributed by atoms with Crippen LogP contribution in [0.5, 0.6) is 0 Å². The number of fused-ring (bicyclic) bond motifs is 1. The predicted octanol–water partition coefficient (Wildman–Crippen LogP) is 1.06. The fourth-order valence-corrected chi connectivity index (χ4v) is 3.71. The minimum absolute atomic E-state index is 0.122. The molecule has 2 aromatic carbocycles. The van der Waals surface area contributed by atoms with Gasteiger partial charge in [0.25, 0.3) is 5.91 Å². The van der Waals surface area contributed by atoms with E-state index in [2.05, 4.69) is 5.32 Å². The van der Waals surface area contributed by atoms with E-state index in [1.165, 1.54) is 44.4 Å². The number of sulfonamides is 1. The molecule has 0 aromatic heterocycles. The monoisotopic (exact) mass is 394 g/mol. The Labute approximate surface area is 156 Å². The molecule has 1 aliphatic heterocycles. The van der Waals surface area contributed by atoms with Crippen LogP contribution in [0.4, 0.5) is 5.69 Å². The summed E-state index contributed by atoms with van der Waals surface area (Å²) in [7, 11) is -1.73. The molecule has 2 N–H and O–H groups in total. The Morgan fingerprint density at radius 3 is 2.54 bits per heavy atom. The summed E-state index contributed by atoms with van der Waals surface area (Å²) in [6, 6.07) is 8.89. The van der Waals surface area contributed by atoms with Crippen LogP contribution < -0.4 is 10.8 Å². The van der Waals surface area contributed by atoms with Crippen LogP contribution in [-0.2, 0) is 21.3 Å². The van der Waals surface area contributed by atoms with Gasteiger partial charge < -0.3 is 15.0 Å². The molecule has 0 spiro atoms. The third-order valence-corrected chi connectivity index (χ3v) is 6.17. The zero-order chi connectivity index (χ0) is 19.1. The third-order valence-electron chi connectivity index (χ3n) is 4.03. The quantitative estimate of drug-likeness (QED) is 0.756. The second-order valence-corrected chi connectivity index (χ2v) is 8.52. The van der Waals surface area contributed by atoms with Gasteiger partial charge >= 0.3 is 7.12 Å².